The number of ether oxygens (including phenoxy) is 1. The summed E-state index contributed by atoms with van der Waals surface area (Å²) in [6, 6.07) is 14.6. The van der Waals surface area contributed by atoms with E-state index >= 15 is 0 Å². The molecule has 0 aliphatic heterocycles. The summed E-state index contributed by atoms with van der Waals surface area (Å²) in [6.45, 7) is 0.485. The number of benzene rings is 2. The molecule has 0 saturated carbocycles. The summed E-state index contributed by atoms with van der Waals surface area (Å²) in [5.74, 6) is 0.365. The molecular formula is C16H15Cl2NO2. The van der Waals surface area contributed by atoms with E-state index in [0.717, 1.165) is 5.56 Å². The molecule has 0 saturated heterocycles. The van der Waals surface area contributed by atoms with E-state index < -0.39 is 0 Å². The van der Waals surface area contributed by atoms with Gasteiger partial charge in [-0.2, -0.15) is 0 Å². The number of hydrogen-bond donors (Lipinski definition) is 0. The van der Waals surface area contributed by atoms with E-state index in [9.17, 15) is 4.79 Å². The van der Waals surface area contributed by atoms with Gasteiger partial charge in [-0.1, -0.05) is 53.5 Å². The predicted octanol–water partition coefficient (Wildman–Crippen LogP) is 4.03. The van der Waals surface area contributed by atoms with Crippen LogP contribution in [0.5, 0.6) is 5.75 Å². The van der Waals surface area contributed by atoms with Gasteiger partial charge in [0.1, 0.15) is 5.75 Å². The topological polar surface area (TPSA) is 29.5 Å². The maximum Gasteiger partial charge on any atom is 0.260 e. The van der Waals surface area contributed by atoms with Crippen LogP contribution in [-0.2, 0) is 11.3 Å². The highest BCUT2D eigenvalue weighted by Crippen LogP contribution is 2.24. The molecular weight excluding hydrogens is 309 g/mol. The molecule has 2 aromatic carbocycles. The molecule has 0 atom stereocenters. The Morgan fingerprint density at radius 2 is 1.71 bits per heavy atom. The van der Waals surface area contributed by atoms with Crippen LogP contribution in [0.2, 0.25) is 10.0 Å². The smallest absolute Gasteiger partial charge is 0.260 e. The Morgan fingerprint density at radius 1 is 1.10 bits per heavy atom. The molecule has 3 nitrogen and oxygen atoms in total. The molecule has 0 spiro atoms. The van der Waals surface area contributed by atoms with E-state index in [1.807, 2.05) is 30.3 Å². The number of halogens is 2. The lowest BCUT2D eigenvalue weighted by Gasteiger charge is -2.17. The Bertz CT molecular complexity index is 597. The summed E-state index contributed by atoms with van der Waals surface area (Å²) in [6.07, 6.45) is 0. The van der Waals surface area contributed by atoms with E-state index in [2.05, 4.69) is 0 Å². The van der Waals surface area contributed by atoms with Crippen LogP contribution in [0, 0.1) is 0 Å². The van der Waals surface area contributed by atoms with Crippen molar-refractivity contribution in [1.82, 2.24) is 4.90 Å². The zero-order valence-corrected chi connectivity index (χ0v) is 13.1. The molecule has 0 heterocycles. The van der Waals surface area contributed by atoms with Crippen molar-refractivity contribution >= 4 is 29.1 Å². The number of amides is 1. The average Bonchev–Trinajstić information content (AvgIpc) is 2.44. The number of nitrogens with zero attached hydrogens (tertiary/aromatic N) is 1. The molecule has 0 radical (unpaired) electrons. The number of carbonyl (C=O) groups is 1. The van der Waals surface area contributed by atoms with Crippen molar-refractivity contribution in [2.24, 2.45) is 0 Å². The third-order valence-electron chi connectivity index (χ3n) is 2.89. The molecule has 0 fully saturated rings. The van der Waals surface area contributed by atoms with Crippen LogP contribution in [0.3, 0.4) is 0 Å². The van der Waals surface area contributed by atoms with Gasteiger partial charge >= 0.3 is 0 Å². The average molecular weight is 324 g/mol. The quantitative estimate of drug-likeness (QED) is 0.831. The first-order chi connectivity index (χ1) is 10.0. The summed E-state index contributed by atoms with van der Waals surface area (Å²) in [4.78, 5) is 13.6. The normalized spacial score (nSPS) is 10.2. The molecule has 5 heteroatoms. The minimum absolute atomic E-state index is 0.0556. The highest BCUT2D eigenvalue weighted by Gasteiger charge is 2.10. The number of rotatable bonds is 5. The van der Waals surface area contributed by atoms with Crippen LogP contribution in [0.15, 0.2) is 48.5 Å². The Hall–Kier alpha value is -1.71. The van der Waals surface area contributed by atoms with Gasteiger partial charge in [0.05, 0.1) is 0 Å². The molecule has 1 amide bonds. The molecule has 0 N–H and O–H groups in total. The summed E-state index contributed by atoms with van der Waals surface area (Å²) < 4.78 is 5.43. The van der Waals surface area contributed by atoms with Gasteiger partial charge in [0, 0.05) is 23.6 Å². The first-order valence-electron chi connectivity index (χ1n) is 6.41. The Balaban J connectivity index is 1.89. The van der Waals surface area contributed by atoms with Crippen molar-refractivity contribution < 1.29 is 9.53 Å². The van der Waals surface area contributed by atoms with Crippen LogP contribution >= 0.6 is 23.2 Å². The summed E-state index contributed by atoms with van der Waals surface area (Å²) in [5.41, 5.74) is 1.07. The fourth-order valence-electron chi connectivity index (χ4n) is 1.81. The molecule has 110 valence electrons. The molecule has 0 aliphatic rings. The van der Waals surface area contributed by atoms with Gasteiger partial charge in [0.2, 0.25) is 0 Å². The van der Waals surface area contributed by atoms with Crippen molar-refractivity contribution in [1.29, 1.82) is 0 Å². The van der Waals surface area contributed by atoms with Gasteiger partial charge < -0.3 is 9.64 Å². The fourth-order valence-corrected chi connectivity index (χ4v) is 2.32. The maximum atomic E-state index is 12.0. The van der Waals surface area contributed by atoms with E-state index in [-0.39, 0.29) is 12.5 Å². The second kappa shape index (κ2) is 7.34. The molecule has 0 aromatic heterocycles. The molecule has 2 aromatic rings. The van der Waals surface area contributed by atoms with Crippen molar-refractivity contribution in [3.8, 4) is 5.75 Å². The fraction of sp³-hybridized carbons (Fsp3) is 0.188. The monoisotopic (exact) mass is 323 g/mol. The molecule has 0 aliphatic carbocycles. The number of hydrogen-bond acceptors (Lipinski definition) is 2. The largest absolute Gasteiger partial charge is 0.484 e. The zero-order valence-electron chi connectivity index (χ0n) is 11.6. The van der Waals surface area contributed by atoms with Gasteiger partial charge in [0.15, 0.2) is 6.61 Å². The Morgan fingerprint density at radius 3 is 2.33 bits per heavy atom. The van der Waals surface area contributed by atoms with E-state index in [1.54, 1.807) is 30.1 Å². The van der Waals surface area contributed by atoms with Gasteiger partial charge in [0.25, 0.3) is 5.91 Å². The predicted molar refractivity (Wildman–Crippen MR) is 84.9 cm³/mol. The van der Waals surface area contributed by atoms with Crippen molar-refractivity contribution in [3.05, 3.63) is 64.1 Å². The second-order valence-corrected chi connectivity index (χ2v) is 5.50. The second-order valence-electron chi connectivity index (χ2n) is 4.63. The van der Waals surface area contributed by atoms with Gasteiger partial charge in [-0.3, -0.25) is 4.79 Å². The highest BCUT2D eigenvalue weighted by atomic mass is 35.5. The first-order valence-corrected chi connectivity index (χ1v) is 7.17. The number of likely N-dealkylation sites (N-methyl/N-ethyl adjacent to an activating group) is 1. The lowest BCUT2D eigenvalue weighted by Crippen LogP contribution is -2.30. The third kappa shape index (κ3) is 4.96. The highest BCUT2D eigenvalue weighted by molar-refractivity contribution is 6.34. The van der Waals surface area contributed by atoms with E-state index in [0.29, 0.717) is 22.3 Å². The standard InChI is InChI=1S/C16H15Cl2NO2/c1-19(10-12-5-3-2-4-6-12)16(20)11-21-15-8-13(17)7-14(18)9-15/h2-9H,10-11H2,1H3. The SMILES string of the molecule is CN(Cc1ccccc1)C(=O)COc1cc(Cl)cc(Cl)c1. The van der Waals surface area contributed by atoms with Gasteiger partial charge in [-0.15, -0.1) is 0 Å². The van der Waals surface area contributed by atoms with E-state index in [1.165, 1.54) is 0 Å². The maximum absolute atomic E-state index is 12.0. The minimum atomic E-state index is -0.116. The zero-order chi connectivity index (χ0) is 15.2. The van der Waals surface area contributed by atoms with Crippen LogP contribution in [0.1, 0.15) is 5.56 Å². The van der Waals surface area contributed by atoms with Crippen molar-refractivity contribution in [2.45, 2.75) is 6.54 Å². The summed E-state index contributed by atoms with van der Waals surface area (Å²) in [7, 11) is 1.74. The lowest BCUT2D eigenvalue weighted by molar-refractivity contribution is -0.132. The van der Waals surface area contributed by atoms with Crippen LogP contribution in [0.4, 0.5) is 0 Å². The summed E-state index contributed by atoms with van der Waals surface area (Å²) in [5, 5.41) is 0.949. The minimum Gasteiger partial charge on any atom is -0.484 e. The molecule has 0 unspecified atom stereocenters. The van der Waals surface area contributed by atoms with Gasteiger partial charge in [-0.25, -0.2) is 0 Å². The van der Waals surface area contributed by atoms with Crippen LogP contribution < -0.4 is 4.74 Å². The Labute approximate surface area is 134 Å². The van der Waals surface area contributed by atoms with E-state index in [4.69, 9.17) is 27.9 Å². The Kier molecular flexibility index (Phi) is 5.48. The summed E-state index contributed by atoms with van der Waals surface area (Å²) >= 11 is 11.8. The number of carbonyl (C=O) groups excluding carboxylic acids is 1. The molecule has 21 heavy (non-hydrogen) atoms. The molecule has 0 bridgehead atoms. The molecule has 2 rings (SSSR count). The van der Waals surface area contributed by atoms with Crippen LogP contribution in [-0.4, -0.2) is 24.5 Å². The first kappa shape index (κ1) is 15.7. The van der Waals surface area contributed by atoms with Crippen LogP contribution in [0.25, 0.3) is 0 Å². The lowest BCUT2D eigenvalue weighted by atomic mass is 10.2. The van der Waals surface area contributed by atoms with Crippen molar-refractivity contribution in [3.63, 3.8) is 0 Å². The van der Waals surface area contributed by atoms with Crippen molar-refractivity contribution in [2.75, 3.05) is 13.7 Å². The van der Waals surface area contributed by atoms with Gasteiger partial charge in [-0.05, 0) is 23.8 Å². The third-order valence-corrected chi connectivity index (χ3v) is 3.32.